The summed E-state index contributed by atoms with van der Waals surface area (Å²) in [4.78, 5) is 0. The van der Waals surface area contributed by atoms with Gasteiger partial charge >= 0.3 is 0 Å². The highest BCUT2D eigenvalue weighted by Crippen LogP contribution is 2.37. The molecule has 0 aliphatic carbocycles. The third-order valence-corrected chi connectivity index (χ3v) is 4.92. The molecule has 4 heteroatoms. The van der Waals surface area contributed by atoms with E-state index in [2.05, 4.69) is 26.1 Å². The second-order valence-corrected chi connectivity index (χ2v) is 9.02. The lowest BCUT2D eigenvalue weighted by Gasteiger charge is -2.22. The van der Waals surface area contributed by atoms with Gasteiger partial charge in [-0.3, -0.25) is 0 Å². The zero-order chi connectivity index (χ0) is 22.4. The molecular formula is C27H33NO3. The van der Waals surface area contributed by atoms with Crippen LogP contribution < -0.4 is 14.8 Å². The summed E-state index contributed by atoms with van der Waals surface area (Å²) in [5.41, 5.74) is 3.16. The van der Waals surface area contributed by atoms with Gasteiger partial charge in [-0.1, -0.05) is 41.5 Å². The summed E-state index contributed by atoms with van der Waals surface area (Å²) in [6.45, 7) is 11.2. The molecule has 0 aromatic heterocycles. The van der Waals surface area contributed by atoms with Crippen molar-refractivity contribution >= 4 is 0 Å². The third kappa shape index (κ3) is 7.12. The molecular weight excluding hydrogens is 386 g/mol. The number of ether oxygens (including phenoxy) is 2. The van der Waals surface area contributed by atoms with Crippen LogP contribution in [0.3, 0.4) is 0 Å². The van der Waals surface area contributed by atoms with E-state index in [9.17, 15) is 5.11 Å². The van der Waals surface area contributed by atoms with E-state index >= 15 is 0 Å². The summed E-state index contributed by atoms with van der Waals surface area (Å²) >= 11 is 0. The number of nitrogens with one attached hydrogen (secondary N) is 1. The first kappa shape index (κ1) is 22.9. The molecule has 31 heavy (non-hydrogen) atoms. The minimum absolute atomic E-state index is 0.0190. The summed E-state index contributed by atoms with van der Waals surface area (Å²) in [5.74, 6) is 2.64. The van der Waals surface area contributed by atoms with E-state index in [-0.39, 0.29) is 5.54 Å². The zero-order valence-corrected chi connectivity index (χ0v) is 19.1. The highest BCUT2D eigenvalue weighted by Gasteiger charge is 2.16. The van der Waals surface area contributed by atoms with Crippen molar-refractivity contribution in [3.8, 4) is 23.0 Å². The molecule has 0 heterocycles. The fourth-order valence-electron chi connectivity index (χ4n) is 3.11. The van der Waals surface area contributed by atoms with Crippen molar-refractivity contribution in [1.29, 1.82) is 0 Å². The maximum Gasteiger partial charge on any atom is 0.170 e. The molecule has 3 aromatic rings. The molecule has 0 fully saturated rings. The van der Waals surface area contributed by atoms with Crippen LogP contribution in [0.4, 0.5) is 0 Å². The Morgan fingerprint density at radius 2 is 1.29 bits per heavy atom. The van der Waals surface area contributed by atoms with Crippen molar-refractivity contribution in [1.82, 2.24) is 5.32 Å². The van der Waals surface area contributed by atoms with E-state index in [1.807, 2.05) is 80.6 Å². The van der Waals surface area contributed by atoms with E-state index in [0.29, 0.717) is 17.9 Å². The minimum Gasteiger partial charge on any atom is -0.453 e. The quantitative estimate of drug-likeness (QED) is 0.426. The van der Waals surface area contributed by atoms with Gasteiger partial charge in [-0.05, 0) is 89.5 Å². The van der Waals surface area contributed by atoms with E-state index in [1.54, 1.807) is 0 Å². The molecule has 1 atom stereocenters. The summed E-state index contributed by atoms with van der Waals surface area (Å²) < 4.78 is 12.3. The molecule has 0 amide bonds. The molecule has 0 radical (unpaired) electrons. The maximum absolute atomic E-state index is 10.7. The summed E-state index contributed by atoms with van der Waals surface area (Å²) in [6, 6.07) is 21.4. The smallest absolute Gasteiger partial charge is 0.170 e. The Bertz CT molecular complexity index is 973. The number of aryl methyl sites for hydroxylation is 2. The fraction of sp³-hybridized carbons (Fsp3) is 0.333. The molecule has 0 saturated heterocycles. The second-order valence-electron chi connectivity index (χ2n) is 9.02. The first-order chi connectivity index (χ1) is 14.7. The van der Waals surface area contributed by atoms with Crippen LogP contribution in [0.25, 0.3) is 0 Å². The van der Waals surface area contributed by atoms with Crippen molar-refractivity contribution in [3.05, 3.63) is 83.4 Å². The summed E-state index contributed by atoms with van der Waals surface area (Å²) in [5, 5.41) is 14.1. The zero-order valence-electron chi connectivity index (χ0n) is 19.1. The lowest BCUT2D eigenvalue weighted by Crippen LogP contribution is -2.36. The molecule has 0 bridgehead atoms. The fourth-order valence-corrected chi connectivity index (χ4v) is 3.11. The molecule has 0 spiro atoms. The molecule has 1 unspecified atom stereocenters. The number of rotatable bonds is 8. The Hall–Kier alpha value is -2.82. The van der Waals surface area contributed by atoms with E-state index < -0.39 is 6.10 Å². The van der Waals surface area contributed by atoms with E-state index in [0.717, 1.165) is 23.6 Å². The Balaban J connectivity index is 1.83. The molecule has 4 nitrogen and oxygen atoms in total. The van der Waals surface area contributed by atoms with E-state index in [4.69, 9.17) is 9.47 Å². The van der Waals surface area contributed by atoms with Gasteiger partial charge in [-0.2, -0.15) is 0 Å². The van der Waals surface area contributed by atoms with Crippen LogP contribution in [0.2, 0.25) is 0 Å². The van der Waals surface area contributed by atoms with Crippen LogP contribution in [0.1, 0.15) is 50.0 Å². The standard InChI is InChI=1S/C27H33NO3/c1-19-6-11-22(12-7-19)30-25-15-10-21(24(29)16-17-28-27(3,4)5)18-26(25)31-23-13-8-20(2)9-14-23/h6-15,18,24,28-29H,16-17H2,1-5H3. The molecule has 164 valence electrons. The van der Waals surface area contributed by atoms with Gasteiger partial charge in [0, 0.05) is 5.54 Å². The number of benzene rings is 3. The Kier molecular flexibility index (Phi) is 7.37. The minimum atomic E-state index is -0.594. The van der Waals surface area contributed by atoms with Gasteiger partial charge in [0.05, 0.1) is 6.10 Å². The predicted molar refractivity (Wildman–Crippen MR) is 126 cm³/mol. The SMILES string of the molecule is Cc1ccc(Oc2ccc(C(O)CCNC(C)(C)C)cc2Oc2ccc(C)cc2)cc1. The van der Waals surface area contributed by atoms with Crippen molar-refractivity contribution in [2.75, 3.05) is 6.54 Å². The first-order valence-corrected chi connectivity index (χ1v) is 10.8. The highest BCUT2D eigenvalue weighted by atomic mass is 16.5. The van der Waals surface area contributed by atoms with Crippen molar-refractivity contribution in [2.24, 2.45) is 0 Å². The number of aliphatic hydroxyl groups is 1. The van der Waals surface area contributed by atoms with Gasteiger partial charge in [0.25, 0.3) is 0 Å². The first-order valence-electron chi connectivity index (χ1n) is 10.8. The van der Waals surface area contributed by atoms with E-state index in [1.165, 1.54) is 11.1 Å². The van der Waals surface area contributed by atoms with Crippen LogP contribution in [0, 0.1) is 13.8 Å². The number of hydrogen-bond donors (Lipinski definition) is 2. The molecule has 0 aliphatic rings. The lowest BCUT2D eigenvalue weighted by atomic mass is 10.0. The monoisotopic (exact) mass is 419 g/mol. The van der Waals surface area contributed by atoms with Crippen molar-refractivity contribution < 1.29 is 14.6 Å². The van der Waals surface area contributed by atoms with Crippen molar-refractivity contribution in [3.63, 3.8) is 0 Å². The molecule has 0 saturated carbocycles. The topological polar surface area (TPSA) is 50.7 Å². The Labute approximate surface area is 185 Å². The average molecular weight is 420 g/mol. The molecule has 3 aromatic carbocycles. The lowest BCUT2D eigenvalue weighted by molar-refractivity contribution is 0.163. The van der Waals surface area contributed by atoms with Gasteiger partial charge in [0.2, 0.25) is 0 Å². The van der Waals surface area contributed by atoms with Crippen molar-refractivity contribution in [2.45, 2.75) is 52.7 Å². The molecule has 0 aliphatic heterocycles. The highest BCUT2D eigenvalue weighted by molar-refractivity contribution is 5.48. The Morgan fingerprint density at radius 3 is 1.81 bits per heavy atom. The third-order valence-electron chi connectivity index (χ3n) is 4.92. The van der Waals surface area contributed by atoms with Gasteiger partial charge in [0.1, 0.15) is 11.5 Å². The van der Waals surface area contributed by atoms with Gasteiger partial charge in [0.15, 0.2) is 11.5 Å². The van der Waals surface area contributed by atoms with Crippen LogP contribution >= 0.6 is 0 Å². The van der Waals surface area contributed by atoms with Crippen LogP contribution in [0.5, 0.6) is 23.0 Å². The summed E-state index contributed by atoms with van der Waals surface area (Å²) in [6.07, 6.45) is 0.0167. The predicted octanol–water partition coefficient (Wildman–Crippen LogP) is 6.70. The Morgan fingerprint density at radius 1 is 0.774 bits per heavy atom. The number of hydrogen-bond acceptors (Lipinski definition) is 4. The van der Waals surface area contributed by atoms with Crippen LogP contribution in [-0.4, -0.2) is 17.2 Å². The normalized spacial score (nSPS) is 12.5. The summed E-state index contributed by atoms with van der Waals surface area (Å²) in [7, 11) is 0. The largest absolute Gasteiger partial charge is 0.453 e. The maximum atomic E-state index is 10.7. The molecule has 3 rings (SSSR count). The van der Waals surface area contributed by atoms with Gasteiger partial charge < -0.3 is 19.9 Å². The second kappa shape index (κ2) is 9.99. The average Bonchev–Trinajstić information content (AvgIpc) is 2.71. The van der Waals surface area contributed by atoms with Gasteiger partial charge in [-0.15, -0.1) is 0 Å². The van der Waals surface area contributed by atoms with Crippen LogP contribution in [0.15, 0.2) is 66.7 Å². The van der Waals surface area contributed by atoms with Gasteiger partial charge in [-0.25, -0.2) is 0 Å². The van der Waals surface area contributed by atoms with Crippen LogP contribution in [-0.2, 0) is 0 Å². The molecule has 2 N–H and O–H groups in total. The number of aliphatic hydroxyl groups excluding tert-OH is 1.